The number of esters is 1. The van der Waals surface area contributed by atoms with Crippen molar-refractivity contribution >= 4 is 27.7 Å². The van der Waals surface area contributed by atoms with Crippen molar-refractivity contribution in [3.05, 3.63) is 52.2 Å². The van der Waals surface area contributed by atoms with Crippen molar-refractivity contribution in [1.82, 2.24) is 19.9 Å². The van der Waals surface area contributed by atoms with Crippen molar-refractivity contribution in [2.45, 2.75) is 63.6 Å². The van der Waals surface area contributed by atoms with Crippen LogP contribution in [0.5, 0.6) is 0 Å². The molecule has 1 aromatic heterocycles. The highest BCUT2D eigenvalue weighted by Gasteiger charge is 2.50. The van der Waals surface area contributed by atoms with Crippen molar-refractivity contribution in [2.24, 2.45) is 0 Å². The molecule has 0 unspecified atom stereocenters. The van der Waals surface area contributed by atoms with E-state index in [1.165, 1.54) is 5.56 Å². The van der Waals surface area contributed by atoms with Crippen LogP contribution in [0.15, 0.2) is 29.2 Å². The van der Waals surface area contributed by atoms with Gasteiger partial charge in [-0.3, -0.25) is 14.5 Å². The summed E-state index contributed by atoms with van der Waals surface area (Å²) < 4.78 is 49.1. The minimum absolute atomic E-state index is 0.0186. The molecule has 10 nitrogen and oxygen atoms in total. The molecular weight excluding hydrogens is 537 g/mol. The number of likely N-dealkylation sites (tertiary alicyclic amines) is 1. The van der Waals surface area contributed by atoms with Crippen LogP contribution in [-0.4, -0.2) is 81.2 Å². The van der Waals surface area contributed by atoms with E-state index in [4.69, 9.17) is 4.74 Å². The summed E-state index contributed by atoms with van der Waals surface area (Å²) in [6.45, 7) is 7.61. The molecule has 0 aliphatic carbocycles. The molecule has 3 heterocycles. The molecule has 0 bridgehead atoms. The quantitative estimate of drug-likeness (QED) is 0.347. The molecule has 2 aliphatic heterocycles. The molecule has 0 spiro atoms. The second-order valence-corrected chi connectivity index (χ2v) is 12.3. The highest BCUT2D eigenvalue weighted by molar-refractivity contribution is 7.89. The van der Waals surface area contributed by atoms with Crippen LogP contribution in [0.1, 0.15) is 41.3 Å². The van der Waals surface area contributed by atoms with Crippen molar-refractivity contribution in [3.63, 3.8) is 0 Å². The first-order valence-corrected chi connectivity index (χ1v) is 15.1. The molecule has 12 heteroatoms. The highest BCUT2D eigenvalue weighted by Crippen LogP contribution is 2.27. The fraction of sp³-hybridized carbons (Fsp3) is 0.536. The standard InChI is InChI=1S/C28H38FN5O5S/c1-5-39-26(35)23(33-40(37,38)24-19(3)13-18(2)14-20(24)4)15-31-27(36)28(29)16-34(17-28)12-10-22-9-8-21-7-6-11-30-25(21)32-22/h8-9,13-14,23,33H,5-7,10-12,15-17H2,1-4H3,(H,30,32)(H,31,36)/t23-/m0/s1. The number of nitrogens with zero attached hydrogens (tertiary/aromatic N) is 2. The summed E-state index contributed by atoms with van der Waals surface area (Å²) in [5, 5.41) is 5.72. The number of alkyl halides is 1. The number of aromatic nitrogens is 1. The minimum Gasteiger partial charge on any atom is -0.465 e. The molecule has 1 amide bonds. The average molecular weight is 576 g/mol. The van der Waals surface area contributed by atoms with Crippen LogP contribution in [0.2, 0.25) is 0 Å². The zero-order valence-corrected chi connectivity index (χ0v) is 24.3. The molecule has 4 rings (SSSR count). The van der Waals surface area contributed by atoms with Gasteiger partial charge in [-0.1, -0.05) is 23.8 Å². The molecule has 40 heavy (non-hydrogen) atoms. The maximum absolute atomic E-state index is 15.3. The van der Waals surface area contributed by atoms with Gasteiger partial charge in [-0.2, -0.15) is 4.72 Å². The number of amides is 1. The van der Waals surface area contributed by atoms with Crippen LogP contribution in [0.3, 0.4) is 0 Å². The lowest BCUT2D eigenvalue weighted by atomic mass is 9.94. The number of carbonyl (C=O) groups excluding carboxylic acids is 2. The van der Waals surface area contributed by atoms with Gasteiger partial charge in [-0.25, -0.2) is 17.8 Å². The van der Waals surface area contributed by atoms with Gasteiger partial charge in [0.15, 0.2) is 0 Å². The summed E-state index contributed by atoms with van der Waals surface area (Å²) in [5.74, 6) is -0.842. The SMILES string of the molecule is CCOC(=O)[C@H](CNC(=O)C1(F)CN(CCc2ccc3c(n2)NCCC3)C1)NS(=O)(=O)c1c(C)cc(C)cc1C. The molecule has 0 radical (unpaired) electrons. The highest BCUT2D eigenvalue weighted by atomic mass is 32.2. The second-order valence-electron chi connectivity index (χ2n) is 10.6. The van der Waals surface area contributed by atoms with Gasteiger partial charge < -0.3 is 15.4 Å². The number of anilines is 1. The molecule has 2 aromatic rings. The van der Waals surface area contributed by atoms with E-state index in [2.05, 4.69) is 26.4 Å². The zero-order chi connectivity index (χ0) is 29.1. The predicted molar refractivity (Wildman–Crippen MR) is 149 cm³/mol. The summed E-state index contributed by atoms with van der Waals surface area (Å²) in [5.41, 5.74) is 1.92. The number of sulfonamides is 1. The lowest BCUT2D eigenvalue weighted by molar-refractivity contribution is -0.147. The first-order valence-electron chi connectivity index (χ1n) is 13.6. The summed E-state index contributed by atoms with van der Waals surface area (Å²) in [7, 11) is -4.14. The van der Waals surface area contributed by atoms with Crippen LogP contribution in [0.25, 0.3) is 0 Å². The smallest absolute Gasteiger partial charge is 0.326 e. The summed E-state index contributed by atoms with van der Waals surface area (Å²) >= 11 is 0. The number of nitrogens with one attached hydrogen (secondary N) is 3. The Morgan fingerprint density at radius 2 is 1.90 bits per heavy atom. The maximum Gasteiger partial charge on any atom is 0.326 e. The molecule has 2 aliphatic rings. The molecule has 1 aromatic carbocycles. The van der Waals surface area contributed by atoms with Gasteiger partial charge in [-0.05, 0) is 63.3 Å². The van der Waals surface area contributed by atoms with E-state index in [1.54, 1.807) is 32.9 Å². The normalized spacial score (nSPS) is 17.2. The van der Waals surface area contributed by atoms with Gasteiger partial charge in [-0.15, -0.1) is 0 Å². The van der Waals surface area contributed by atoms with E-state index in [0.717, 1.165) is 36.5 Å². The lowest BCUT2D eigenvalue weighted by Gasteiger charge is -2.43. The van der Waals surface area contributed by atoms with Crippen LogP contribution in [0.4, 0.5) is 10.2 Å². The number of rotatable bonds is 11. The van der Waals surface area contributed by atoms with E-state index >= 15 is 4.39 Å². The van der Waals surface area contributed by atoms with Crippen molar-refractivity contribution in [2.75, 3.05) is 44.6 Å². The Morgan fingerprint density at radius 1 is 1.20 bits per heavy atom. The number of pyridine rings is 1. The van der Waals surface area contributed by atoms with Crippen LogP contribution >= 0.6 is 0 Å². The topological polar surface area (TPSA) is 130 Å². The predicted octanol–water partition coefficient (Wildman–Crippen LogP) is 1.96. The van der Waals surface area contributed by atoms with E-state index < -0.39 is 40.2 Å². The largest absolute Gasteiger partial charge is 0.465 e. The number of halogens is 1. The number of hydrogen-bond acceptors (Lipinski definition) is 8. The third-order valence-corrected chi connectivity index (χ3v) is 8.98. The van der Waals surface area contributed by atoms with Crippen molar-refractivity contribution in [1.29, 1.82) is 0 Å². The van der Waals surface area contributed by atoms with Gasteiger partial charge >= 0.3 is 5.97 Å². The van der Waals surface area contributed by atoms with Crippen LogP contribution in [0, 0.1) is 20.8 Å². The van der Waals surface area contributed by atoms with Gasteiger partial charge in [0.25, 0.3) is 5.91 Å². The number of benzene rings is 1. The monoisotopic (exact) mass is 575 g/mol. The van der Waals surface area contributed by atoms with Gasteiger partial charge in [0.1, 0.15) is 11.9 Å². The lowest BCUT2D eigenvalue weighted by Crippen LogP contribution is -2.67. The summed E-state index contributed by atoms with van der Waals surface area (Å²) in [6, 6.07) is 6.10. The fourth-order valence-electron chi connectivity index (χ4n) is 5.35. The first-order chi connectivity index (χ1) is 18.9. The van der Waals surface area contributed by atoms with Crippen molar-refractivity contribution in [3.8, 4) is 0 Å². The summed E-state index contributed by atoms with van der Waals surface area (Å²) in [4.78, 5) is 31.8. The first kappa shape index (κ1) is 29.9. The Hall–Kier alpha value is -3.09. The maximum atomic E-state index is 15.3. The number of fused-ring (bicyclic) bond motifs is 1. The number of hydrogen-bond donors (Lipinski definition) is 3. The molecule has 218 valence electrons. The minimum atomic E-state index is -4.14. The van der Waals surface area contributed by atoms with Crippen LogP contribution < -0.4 is 15.4 Å². The Morgan fingerprint density at radius 3 is 2.58 bits per heavy atom. The number of carbonyl (C=O) groups is 2. The van der Waals surface area contributed by atoms with Gasteiger partial charge in [0.05, 0.1) is 11.5 Å². The number of ether oxygens (including phenoxy) is 1. The molecule has 1 atom stereocenters. The van der Waals surface area contributed by atoms with E-state index in [1.807, 2.05) is 17.9 Å². The Labute approximate surface area is 235 Å². The second kappa shape index (κ2) is 12.2. The third-order valence-electron chi connectivity index (χ3n) is 7.20. The third kappa shape index (κ3) is 6.79. The molecule has 1 saturated heterocycles. The Balaban J connectivity index is 1.33. The van der Waals surface area contributed by atoms with Gasteiger partial charge in [0.2, 0.25) is 15.7 Å². The van der Waals surface area contributed by atoms with E-state index in [0.29, 0.717) is 24.1 Å². The fourth-order valence-corrected chi connectivity index (χ4v) is 6.99. The zero-order valence-electron chi connectivity index (χ0n) is 23.5. The molecule has 1 fully saturated rings. The summed E-state index contributed by atoms with van der Waals surface area (Å²) in [6.07, 6.45) is 2.71. The van der Waals surface area contributed by atoms with E-state index in [9.17, 15) is 18.0 Å². The Kier molecular flexibility index (Phi) is 9.11. The average Bonchev–Trinajstić information content (AvgIpc) is 2.87. The van der Waals surface area contributed by atoms with Crippen LogP contribution in [-0.2, 0) is 37.2 Å². The van der Waals surface area contributed by atoms with Crippen molar-refractivity contribution < 1.29 is 27.1 Å². The van der Waals surface area contributed by atoms with Gasteiger partial charge in [0, 0.05) is 44.8 Å². The molecular formula is C28H38FN5O5S. The molecule has 3 N–H and O–H groups in total. The number of aryl methyl sites for hydroxylation is 4. The van der Waals surface area contributed by atoms with E-state index in [-0.39, 0.29) is 24.6 Å². The Bertz CT molecular complexity index is 1350. The molecule has 0 saturated carbocycles.